The maximum absolute atomic E-state index is 12.8. The molecular weight excluding hydrogens is 384 g/mol. The van der Waals surface area contributed by atoms with Crippen LogP contribution < -0.4 is 11.2 Å². The molecule has 0 spiro atoms. The number of thioether (sulfide) groups is 1. The highest BCUT2D eigenvalue weighted by Crippen LogP contribution is 2.36. The first-order chi connectivity index (χ1) is 13.0. The third-order valence-electron chi connectivity index (χ3n) is 4.93. The Kier molecular flexibility index (Phi) is 4.82. The van der Waals surface area contributed by atoms with E-state index in [9.17, 15) is 9.59 Å². The van der Waals surface area contributed by atoms with Crippen molar-refractivity contribution in [2.75, 3.05) is 0 Å². The summed E-state index contributed by atoms with van der Waals surface area (Å²) in [6.45, 7) is 0. The molecule has 0 atom stereocenters. The summed E-state index contributed by atoms with van der Waals surface area (Å²) in [4.78, 5) is 34.5. The number of aromatic nitrogens is 4. The van der Waals surface area contributed by atoms with Crippen LogP contribution in [-0.4, -0.2) is 24.4 Å². The van der Waals surface area contributed by atoms with Crippen molar-refractivity contribution in [2.45, 2.75) is 36.0 Å². The fraction of sp³-hybridized carbons (Fsp3) is 0.368. The molecule has 0 amide bonds. The minimum Gasteiger partial charge on any atom is -0.280 e. The van der Waals surface area contributed by atoms with E-state index in [4.69, 9.17) is 16.6 Å². The van der Waals surface area contributed by atoms with Crippen molar-refractivity contribution in [2.24, 2.45) is 14.1 Å². The Hall–Kier alpha value is -2.12. The summed E-state index contributed by atoms with van der Waals surface area (Å²) in [7, 11) is 3.11. The van der Waals surface area contributed by atoms with Gasteiger partial charge in [0.25, 0.3) is 5.56 Å². The van der Waals surface area contributed by atoms with Gasteiger partial charge < -0.3 is 0 Å². The van der Waals surface area contributed by atoms with E-state index in [0.717, 1.165) is 23.0 Å². The van der Waals surface area contributed by atoms with E-state index in [0.29, 0.717) is 32.2 Å². The lowest BCUT2D eigenvalue weighted by Gasteiger charge is -2.14. The van der Waals surface area contributed by atoms with Crippen LogP contribution in [0.3, 0.4) is 0 Å². The van der Waals surface area contributed by atoms with Crippen molar-refractivity contribution >= 4 is 34.4 Å². The molecule has 0 unspecified atom stereocenters. The monoisotopic (exact) mass is 402 g/mol. The Labute approximate surface area is 165 Å². The smallest absolute Gasteiger partial charge is 0.280 e. The van der Waals surface area contributed by atoms with Crippen LogP contribution in [0.2, 0.25) is 5.02 Å². The quantitative estimate of drug-likeness (QED) is 0.628. The third-order valence-corrected chi connectivity index (χ3v) is 6.49. The molecule has 0 aliphatic heterocycles. The van der Waals surface area contributed by atoms with Crippen LogP contribution in [0.5, 0.6) is 0 Å². The van der Waals surface area contributed by atoms with Gasteiger partial charge in [0.15, 0.2) is 11.5 Å². The zero-order valence-electron chi connectivity index (χ0n) is 15.1. The standard InChI is InChI=1S/C19H19ClN4O2S/c1-23-16-14(18(25)24(2)19(23)26)17(27-13-8-3-4-9-13)22-15(21-16)11-6-5-7-12(20)10-11/h5-7,10,13H,3-4,8-9H2,1-2H3. The number of nitrogens with zero attached hydrogens (tertiary/aromatic N) is 4. The van der Waals surface area contributed by atoms with Crippen LogP contribution in [0.15, 0.2) is 38.9 Å². The molecule has 1 fully saturated rings. The molecular formula is C19H19ClN4O2S. The predicted molar refractivity (Wildman–Crippen MR) is 109 cm³/mol. The molecule has 0 radical (unpaired) electrons. The van der Waals surface area contributed by atoms with Crippen molar-refractivity contribution in [1.29, 1.82) is 0 Å². The van der Waals surface area contributed by atoms with Gasteiger partial charge in [0.05, 0.1) is 0 Å². The molecule has 1 saturated carbocycles. The summed E-state index contributed by atoms with van der Waals surface area (Å²) in [6, 6.07) is 7.27. The van der Waals surface area contributed by atoms with E-state index in [1.165, 1.54) is 24.5 Å². The van der Waals surface area contributed by atoms with Gasteiger partial charge in [-0.3, -0.25) is 13.9 Å². The molecule has 1 aliphatic carbocycles. The summed E-state index contributed by atoms with van der Waals surface area (Å²) < 4.78 is 2.52. The summed E-state index contributed by atoms with van der Waals surface area (Å²) in [5, 5.41) is 2.05. The van der Waals surface area contributed by atoms with Crippen molar-refractivity contribution < 1.29 is 0 Å². The average molecular weight is 403 g/mol. The molecule has 2 aromatic heterocycles. The van der Waals surface area contributed by atoms with E-state index in [1.54, 1.807) is 30.9 Å². The predicted octanol–water partition coefficient (Wildman–Crippen LogP) is 3.38. The topological polar surface area (TPSA) is 69.8 Å². The molecule has 1 aromatic carbocycles. The number of hydrogen-bond donors (Lipinski definition) is 0. The van der Waals surface area contributed by atoms with E-state index in [1.807, 2.05) is 12.1 Å². The van der Waals surface area contributed by atoms with Crippen LogP contribution in [0.25, 0.3) is 22.4 Å². The number of fused-ring (bicyclic) bond motifs is 1. The Morgan fingerprint density at radius 2 is 1.85 bits per heavy atom. The highest BCUT2D eigenvalue weighted by Gasteiger charge is 2.23. The van der Waals surface area contributed by atoms with Crippen molar-refractivity contribution in [3.63, 3.8) is 0 Å². The highest BCUT2D eigenvalue weighted by atomic mass is 35.5. The van der Waals surface area contributed by atoms with Gasteiger partial charge in [-0.15, -0.1) is 11.8 Å². The molecule has 3 aromatic rings. The normalized spacial score (nSPS) is 14.9. The largest absolute Gasteiger partial charge is 0.332 e. The fourth-order valence-electron chi connectivity index (χ4n) is 3.43. The van der Waals surface area contributed by atoms with Crippen molar-refractivity contribution in [3.8, 4) is 11.4 Å². The Bertz CT molecular complexity index is 1150. The van der Waals surface area contributed by atoms with Gasteiger partial charge in [0.1, 0.15) is 10.4 Å². The molecule has 27 heavy (non-hydrogen) atoms. The van der Waals surface area contributed by atoms with E-state index in [2.05, 4.69) is 4.98 Å². The molecule has 8 heteroatoms. The van der Waals surface area contributed by atoms with Gasteiger partial charge in [-0.05, 0) is 25.0 Å². The first-order valence-electron chi connectivity index (χ1n) is 8.86. The van der Waals surface area contributed by atoms with E-state index in [-0.39, 0.29) is 5.56 Å². The average Bonchev–Trinajstić information content (AvgIpc) is 3.17. The molecule has 0 N–H and O–H groups in total. The van der Waals surface area contributed by atoms with E-state index >= 15 is 0 Å². The Balaban J connectivity index is 2.01. The number of hydrogen-bond acceptors (Lipinski definition) is 5. The van der Waals surface area contributed by atoms with Gasteiger partial charge in [-0.1, -0.05) is 36.6 Å². The second-order valence-corrected chi connectivity index (χ2v) is 8.52. The maximum atomic E-state index is 12.8. The first-order valence-corrected chi connectivity index (χ1v) is 10.1. The van der Waals surface area contributed by atoms with Crippen LogP contribution >= 0.6 is 23.4 Å². The lowest BCUT2D eigenvalue weighted by Crippen LogP contribution is -2.37. The lowest BCUT2D eigenvalue weighted by atomic mass is 10.2. The summed E-state index contributed by atoms with van der Waals surface area (Å²) >= 11 is 7.74. The zero-order valence-corrected chi connectivity index (χ0v) is 16.7. The molecule has 140 valence electrons. The number of aryl methyl sites for hydroxylation is 1. The number of halogens is 1. The van der Waals surface area contributed by atoms with Crippen LogP contribution in [0.1, 0.15) is 25.7 Å². The molecule has 4 rings (SSSR count). The molecule has 6 nitrogen and oxygen atoms in total. The highest BCUT2D eigenvalue weighted by molar-refractivity contribution is 8.00. The van der Waals surface area contributed by atoms with Gasteiger partial charge in [0.2, 0.25) is 0 Å². The van der Waals surface area contributed by atoms with Gasteiger partial charge in [-0.2, -0.15) is 0 Å². The first kappa shape index (κ1) is 18.3. The van der Waals surface area contributed by atoms with Crippen molar-refractivity contribution in [1.82, 2.24) is 19.1 Å². The molecule has 1 aliphatic rings. The van der Waals surface area contributed by atoms with Crippen LogP contribution in [-0.2, 0) is 14.1 Å². The van der Waals surface area contributed by atoms with Crippen LogP contribution in [0, 0.1) is 0 Å². The van der Waals surface area contributed by atoms with Crippen LogP contribution in [0.4, 0.5) is 0 Å². The van der Waals surface area contributed by atoms with Gasteiger partial charge in [0, 0.05) is 29.9 Å². The minimum atomic E-state index is -0.403. The summed E-state index contributed by atoms with van der Waals surface area (Å²) in [6.07, 6.45) is 4.60. The van der Waals surface area contributed by atoms with Gasteiger partial charge >= 0.3 is 5.69 Å². The molecule has 0 saturated heterocycles. The van der Waals surface area contributed by atoms with E-state index < -0.39 is 5.69 Å². The second kappa shape index (κ2) is 7.13. The Morgan fingerprint density at radius 3 is 2.56 bits per heavy atom. The Morgan fingerprint density at radius 1 is 1.11 bits per heavy atom. The lowest BCUT2D eigenvalue weighted by molar-refractivity contribution is 0.703. The second-order valence-electron chi connectivity index (χ2n) is 6.79. The number of benzene rings is 1. The molecule has 0 bridgehead atoms. The third kappa shape index (κ3) is 3.30. The SMILES string of the molecule is Cn1c(=O)c2c(SC3CCCC3)nc(-c3cccc(Cl)c3)nc2n(C)c1=O. The summed E-state index contributed by atoms with van der Waals surface area (Å²) in [5.74, 6) is 0.466. The van der Waals surface area contributed by atoms with Crippen molar-refractivity contribution in [3.05, 3.63) is 50.1 Å². The molecule has 2 heterocycles. The fourth-order valence-corrected chi connectivity index (χ4v) is 4.95. The number of rotatable bonds is 3. The van der Waals surface area contributed by atoms with Gasteiger partial charge in [-0.25, -0.2) is 14.8 Å². The minimum absolute atomic E-state index is 0.355. The maximum Gasteiger partial charge on any atom is 0.332 e. The zero-order chi connectivity index (χ0) is 19.1. The summed E-state index contributed by atoms with van der Waals surface area (Å²) in [5.41, 5.74) is 0.352.